The first-order valence-electron chi connectivity index (χ1n) is 6.09. The van der Waals surface area contributed by atoms with Crippen LogP contribution in [-0.2, 0) is 6.61 Å². The molecule has 110 valence electrons. The van der Waals surface area contributed by atoms with Gasteiger partial charge < -0.3 is 10.5 Å². The number of benzene rings is 2. The molecule has 0 aliphatic heterocycles. The molecule has 2 rings (SSSR count). The molecule has 0 bridgehead atoms. The first-order chi connectivity index (χ1) is 9.88. The summed E-state index contributed by atoms with van der Waals surface area (Å²) in [7, 11) is 0. The van der Waals surface area contributed by atoms with E-state index in [0.29, 0.717) is 10.0 Å². The molecule has 0 radical (unpaired) electrons. The lowest BCUT2D eigenvalue weighted by atomic mass is 10.1. The Morgan fingerprint density at radius 1 is 1.29 bits per heavy atom. The Labute approximate surface area is 129 Å². The van der Waals surface area contributed by atoms with Gasteiger partial charge in [-0.1, -0.05) is 28.1 Å². The molecule has 0 heterocycles. The summed E-state index contributed by atoms with van der Waals surface area (Å²) in [6.45, 7) is 1.93. The summed E-state index contributed by atoms with van der Waals surface area (Å²) < 4.78 is 32.6. The van der Waals surface area contributed by atoms with E-state index in [9.17, 15) is 8.78 Å². The van der Waals surface area contributed by atoms with E-state index in [1.54, 1.807) is 18.2 Å². The van der Waals surface area contributed by atoms with Crippen molar-refractivity contribution in [2.24, 2.45) is 5.73 Å². The predicted molar refractivity (Wildman–Crippen MR) is 80.6 cm³/mol. The molecule has 0 amide bonds. The van der Waals surface area contributed by atoms with Gasteiger partial charge in [-0.05, 0) is 36.2 Å². The summed E-state index contributed by atoms with van der Waals surface area (Å²) in [5.41, 5.74) is 7.68. The van der Waals surface area contributed by atoms with Crippen LogP contribution >= 0.6 is 15.9 Å². The number of nitrogen functional groups attached to an aromatic ring is 1. The highest BCUT2D eigenvalue weighted by atomic mass is 79.9. The zero-order valence-electron chi connectivity index (χ0n) is 11.2. The largest absolute Gasteiger partial charge is 0.486 e. The third-order valence-corrected chi connectivity index (χ3v) is 3.45. The molecule has 0 spiro atoms. The second kappa shape index (κ2) is 6.22. The summed E-state index contributed by atoms with van der Waals surface area (Å²) in [5.74, 6) is -2.16. The van der Waals surface area contributed by atoms with Gasteiger partial charge in [0.05, 0.1) is 0 Å². The van der Waals surface area contributed by atoms with Crippen LogP contribution in [0.15, 0.2) is 34.8 Å². The standard InChI is InChI=1S/C15H13BrF2N2O/c1-8-4-9(15(19)20)2-3-10(8)7-21-13-6-11(16)5-12(17)14(13)18/h2-6H,7H2,1H3,(H3,19,20). The number of hydrogen-bond acceptors (Lipinski definition) is 2. The number of hydrogen-bond donors (Lipinski definition) is 2. The molecule has 3 N–H and O–H groups in total. The maximum Gasteiger partial charge on any atom is 0.200 e. The SMILES string of the molecule is Cc1cc(C(=N)N)ccc1COc1cc(Br)cc(F)c1F. The molecular weight excluding hydrogens is 342 g/mol. The first kappa shape index (κ1) is 15.4. The minimum absolute atomic E-state index is 0.0225. The third kappa shape index (κ3) is 3.58. The molecule has 0 aliphatic rings. The lowest BCUT2D eigenvalue weighted by molar-refractivity contribution is 0.283. The quantitative estimate of drug-likeness (QED) is 0.497. The van der Waals surface area contributed by atoms with E-state index in [-0.39, 0.29) is 18.2 Å². The molecule has 21 heavy (non-hydrogen) atoms. The maximum absolute atomic E-state index is 13.6. The molecule has 0 aliphatic carbocycles. The van der Waals surface area contributed by atoms with Gasteiger partial charge in [0.15, 0.2) is 11.6 Å². The maximum atomic E-state index is 13.6. The lowest BCUT2D eigenvalue weighted by Crippen LogP contribution is -2.11. The van der Waals surface area contributed by atoms with Crippen molar-refractivity contribution in [3.63, 3.8) is 0 Å². The minimum atomic E-state index is -1.02. The fourth-order valence-corrected chi connectivity index (χ4v) is 2.23. The normalized spacial score (nSPS) is 10.5. The molecule has 0 saturated heterocycles. The molecule has 0 aromatic heterocycles. The van der Waals surface area contributed by atoms with E-state index in [4.69, 9.17) is 15.9 Å². The van der Waals surface area contributed by atoms with Gasteiger partial charge in [-0.25, -0.2) is 4.39 Å². The summed E-state index contributed by atoms with van der Waals surface area (Å²) in [6, 6.07) is 7.59. The van der Waals surface area contributed by atoms with Crippen molar-refractivity contribution in [1.82, 2.24) is 0 Å². The zero-order chi connectivity index (χ0) is 15.6. The Hall–Kier alpha value is -1.95. The molecule has 0 saturated carbocycles. The molecule has 0 atom stereocenters. The fourth-order valence-electron chi connectivity index (χ4n) is 1.82. The second-order valence-corrected chi connectivity index (χ2v) is 5.46. The molecule has 3 nitrogen and oxygen atoms in total. The van der Waals surface area contributed by atoms with Crippen LogP contribution in [0.4, 0.5) is 8.78 Å². The van der Waals surface area contributed by atoms with Crippen molar-refractivity contribution in [1.29, 1.82) is 5.41 Å². The van der Waals surface area contributed by atoms with Crippen molar-refractivity contribution in [2.75, 3.05) is 0 Å². The predicted octanol–water partition coefficient (Wildman–Crippen LogP) is 3.90. The average Bonchev–Trinajstić information content (AvgIpc) is 2.42. The van der Waals surface area contributed by atoms with Crippen LogP contribution in [0, 0.1) is 24.0 Å². The van der Waals surface area contributed by atoms with E-state index < -0.39 is 11.6 Å². The van der Waals surface area contributed by atoms with Crippen LogP contribution in [0.1, 0.15) is 16.7 Å². The fraction of sp³-hybridized carbons (Fsp3) is 0.133. The molecule has 0 fully saturated rings. The van der Waals surface area contributed by atoms with Gasteiger partial charge in [-0.2, -0.15) is 4.39 Å². The lowest BCUT2D eigenvalue weighted by Gasteiger charge is -2.11. The highest BCUT2D eigenvalue weighted by Gasteiger charge is 2.12. The summed E-state index contributed by atoms with van der Waals surface area (Å²) in [6.07, 6.45) is 0. The van der Waals surface area contributed by atoms with Crippen LogP contribution in [0.25, 0.3) is 0 Å². The van der Waals surface area contributed by atoms with E-state index in [2.05, 4.69) is 15.9 Å². The van der Waals surface area contributed by atoms with E-state index in [1.165, 1.54) is 6.07 Å². The molecule has 2 aromatic carbocycles. The molecule has 6 heteroatoms. The van der Waals surface area contributed by atoms with E-state index in [0.717, 1.165) is 17.2 Å². The molecular formula is C15H13BrF2N2O. The van der Waals surface area contributed by atoms with Crippen molar-refractivity contribution in [3.05, 3.63) is 63.1 Å². The van der Waals surface area contributed by atoms with Gasteiger partial charge in [-0.3, -0.25) is 5.41 Å². The van der Waals surface area contributed by atoms with Crippen molar-refractivity contribution in [3.8, 4) is 5.75 Å². The molecule has 0 unspecified atom stereocenters. The Bertz CT molecular complexity index is 704. The number of halogens is 3. The van der Waals surface area contributed by atoms with Crippen molar-refractivity contribution in [2.45, 2.75) is 13.5 Å². The van der Waals surface area contributed by atoms with Crippen LogP contribution < -0.4 is 10.5 Å². The zero-order valence-corrected chi connectivity index (χ0v) is 12.8. The Kier molecular flexibility index (Phi) is 4.57. The van der Waals surface area contributed by atoms with Gasteiger partial charge in [0.2, 0.25) is 5.82 Å². The first-order valence-corrected chi connectivity index (χ1v) is 6.89. The van der Waals surface area contributed by atoms with Gasteiger partial charge in [0, 0.05) is 10.0 Å². The van der Waals surface area contributed by atoms with Crippen LogP contribution in [0.2, 0.25) is 0 Å². The monoisotopic (exact) mass is 354 g/mol. The Balaban J connectivity index is 2.19. The van der Waals surface area contributed by atoms with Crippen LogP contribution in [-0.4, -0.2) is 5.84 Å². The topological polar surface area (TPSA) is 59.1 Å². The third-order valence-electron chi connectivity index (χ3n) is 3.00. The number of rotatable bonds is 4. The number of nitrogens with one attached hydrogen (secondary N) is 1. The number of ether oxygens (including phenoxy) is 1. The smallest absolute Gasteiger partial charge is 0.200 e. The second-order valence-electron chi connectivity index (χ2n) is 4.54. The minimum Gasteiger partial charge on any atom is -0.486 e. The van der Waals surface area contributed by atoms with Gasteiger partial charge >= 0.3 is 0 Å². The van der Waals surface area contributed by atoms with Crippen LogP contribution in [0.3, 0.4) is 0 Å². The van der Waals surface area contributed by atoms with E-state index in [1.807, 2.05) is 6.92 Å². The highest BCUT2D eigenvalue weighted by molar-refractivity contribution is 9.10. The van der Waals surface area contributed by atoms with E-state index >= 15 is 0 Å². The van der Waals surface area contributed by atoms with Gasteiger partial charge in [-0.15, -0.1) is 0 Å². The van der Waals surface area contributed by atoms with Gasteiger partial charge in [0.25, 0.3) is 0 Å². The highest BCUT2D eigenvalue weighted by Crippen LogP contribution is 2.26. The Morgan fingerprint density at radius 3 is 2.62 bits per heavy atom. The number of aryl methyl sites for hydroxylation is 1. The van der Waals surface area contributed by atoms with Crippen molar-refractivity contribution < 1.29 is 13.5 Å². The summed E-state index contributed by atoms with van der Waals surface area (Å²) in [4.78, 5) is 0. The molecule has 2 aromatic rings. The Morgan fingerprint density at radius 2 is 2.00 bits per heavy atom. The average molecular weight is 355 g/mol. The summed E-state index contributed by atoms with van der Waals surface area (Å²) in [5, 5.41) is 7.36. The number of nitrogens with two attached hydrogens (primary N) is 1. The van der Waals surface area contributed by atoms with Crippen molar-refractivity contribution >= 4 is 21.8 Å². The van der Waals surface area contributed by atoms with Crippen LogP contribution in [0.5, 0.6) is 5.75 Å². The number of amidine groups is 1. The summed E-state index contributed by atoms with van der Waals surface area (Å²) >= 11 is 3.09. The van der Waals surface area contributed by atoms with Gasteiger partial charge in [0.1, 0.15) is 12.4 Å².